The standard InChI is InChI=1S/C17H17ClO3/c1-13(12-20-16-9-7-15(18)8-10-16)21-17(19)11-14-5-3-2-4-6-14/h2-10,13H,11-12H2,1H3/t13-/m0/s1. The molecule has 2 aromatic rings. The molecule has 0 aliphatic heterocycles. The van der Waals surface area contributed by atoms with E-state index in [1.807, 2.05) is 30.3 Å². The van der Waals surface area contributed by atoms with E-state index in [1.165, 1.54) is 0 Å². The Morgan fingerprint density at radius 3 is 2.43 bits per heavy atom. The molecule has 0 fully saturated rings. The fraction of sp³-hybridized carbons (Fsp3) is 0.235. The Kier molecular flexibility index (Phi) is 5.64. The second-order valence-corrected chi connectivity index (χ2v) is 5.16. The Hall–Kier alpha value is -2.00. The van der Waals surface area contributed by atoms with Crippen LogP contribution in [0.5, 0.6) is 5.75 Å². The highest BCUT2D eigenvalue weighted by atomic mass is 35.5. The predicted octanol–water partition coefficient (Wildman–Crippen LogP) is 3.89. The maximum Gasteiger partial charge on any atom is 0.310 e. The van der Waals surface area contributed by atoms with Crippen molar-refractivity contribution in [3.05, 3.63) is 65.2 Å². The monoisotopic (exact) mass is 304 g/mol. The third-order valence-corrected chi connectivity index (χ3v) is 3.07. The molecule has 2 aromatic carbocycles. The third kappa shape index (κ3) is 5.48. The van der Waals surface area contributed by atoms with Gasteiger partial charge in [-0.1, -0.05) is 41.9 Å². The topological polar surface area (TPSA) is 35.5 Å². The van der Waals surface area contributed by atoms with Crippen molar-refractivity contribution in [2.75, 3.05) is 6.61 Å². The molecule has 0 radical (unpaired) electrons. The van der Waals surface area contributed by atoms with Gasteiger partial charge in [-0.2, -0.15) is 0 Å². The molecule has 110 valence electrons. The Balaban J connectivity index is 1.75. The van der Waals surface area contributed by atoms with Crippen molar-refractivity contribution >= 4 is 17.6 Å². The van der Waals surface area contributed by atoms with E-state index < -0.39 is 0 Å². The number of ether oxygens (including phenoxy) is 2. The molecule has 0 unspecified atom stereocenters. The minimum absolute atomic E-state index is 0.256. The second-order valence-electron chi connectivity index (χ2n) is 4.73. The lowest BCUT2D eigenvalue weighted by Crippen LogP contribution is -2.23. The zero-order valence-electron chi connectivity index (χ0n) is 11.8. The van der Waals surface area contributed by atoms with E-state index in [1.54, 1.807) is 31.2 Å². The molecule has 0 amide bonds. The maximum absolute atomic E-state index is 11.8. The molecule has 21 heavy (non-hydrogen) atoms. The van der Waals surface area contributed by atoms with E-state index in [2.05, 4.69) is 0 Å². The SMILES string of the molecule is C[C@@H](COc1ccc(Cl)cc1)OC(=O)Cc1ccccc1. The van der Waals surface area contributed by atoms with E-state index in [4.69, 9.17) is 21.1 Å². The van der Waals surface area contributed by atoms with Crippen LogP contribution >= 0.6 is 11.6 Å². The van der Waals surface area contributed by atoms with Crippen LogP contribution < -0.4 is 4.74 Å². The molecule has 0 aliphatic rings. The first-order chi connectivity index (χ1) is 10.1. The average Bonchev–Trinajstić information content (AvgIpc) is 2.47. The number of esters is 1. The van der Waals surface area contributed by atoms with Crippen LogP contribution in [-0.2, 0) is 16.0 Å². The molecule has 1 atom stereocenters. The molecule has 2 rings (SSSR count). The molecular weight excluding hydrogens is 288 g/mol. The van der Waals surface area contributed by atoms with Crippen LogP contribution in [0.1, 0.15) is 12.5 Å². The molecule has 0 spiro atoms. The summed E-state index contributed by atoms with van der Waals surface area (Å²) in [6, 6.07) is 16.6. The summed E-state index contributed by atoms with van der Waals surface area (Å²) in [5.74, 6) is 0.443. The van der Waals surface area contributed by atoms with Gasteiger partial charge in [-0.15, -0.1) is 0 Å². The van der Waals surface area contributed by atoms with Gasteiger partial charge in [0.05, 0.1) is 6.42 Å². The van der Waals surface area contributed by atoms with Crippen molar-refractivity contribution in [2.45, 2.75) is 19.4 Å². The molecule has 0 aromatic heterocycles. The van der Waals surface area contributed by atoms with Gasteiger partial charge in [-0.05, 0) is 36.8 Å². The van der Waals surface area contributed by atoms with Crippen LogP contribution in [0.2, 0.25) is 5.02 Å². The predicted molar refractivity (Wildman–Crippen MR) is 82.6 cm³/mol. The zero-order chi connectivity index (χ0) is 15.1. The lowest BCUT2D eigenvalue weighted by molar-refractivity contribution is -0.148. The van der Waals surface area contributed by atoms with Crippen LogP contribution in [0.3, 0.4) is 0 Å². The van der Waals surface area contributed by atoms with Crippen LogP contribution in [0.4, 0.5) is 0 Å². The Labute approximate surface area is 129 Å². The van der Waals surface area contributed by atoms with Crippen molar-refractivity contribution in [1.82, 2.24) is 0 Å². The molecule has 0 N–H and O–H groups in total. The first-order valence-corrected chi connectivity index (χ1v) is 7.13. The highest BCUT2D eigenvalue weighted by molar-refractivity contribution is 6.30. The number of carbonyl (C=O) groups excluding carboxylic acids is 1. The molecule has 3 nitrogen and oxygen atoms in total. The van der Waals surface area contributed by atoms with Crippen molar-refractivity contribution in [2.24, 2.45) is 0 Å². The van der Waals surface area contributed by atoms with E-state index in [9.17, 15) is 4.79 Å². The zero-order valence-corrected chi connectivity index (χ0v) is 12.5. The molecule has 0 heterocycles. The van der Waals surface area contributed by atoms with Gasteiger partial charge < -0.3 is 9.47 Å². The summed E-state index contributed by atoms with van der Waals surface area (Å²) in [5, 5.41) is 0.657. The molecule has 0 saturated carbocycles. The normalized spacial score (nSPS) is 11.7. The fourth-order valence-electron chi connectivity index (χ4n) is 1.81. The van der Waals surface area contributed by atoms with Gasteiger partial charge in [0, 0.05) is 5.02 Å². The van der Waals surface area contributed by atoms with Gasteiger partial charge in [0.15, 0.2) is 0 Å². The smallest absolute Gasteiger partial charge is 0.310 e. The maximum atomic E-state index is 11.8. The summed E-state index contributed by atoms with van der Waals surface area (Å²) < 4.78 is 10.8. The van der Waals surface area contributed by atoms with Gasteiger partial charge in [-0.3, -0.25) is 4.79 Å². The van der Waals surface area contributed by atoms with Crippen LogP contribution in [0.15, 0.2) is 54.6 Å². The van der Waals surface area contributed by atoms with E-state index >= 15 is 0 Å². The van der Waals surface area contributed by atoms with Crippen molar-refractivity contribution in [3.8, 4) is 5.75 Å². The summed E-state index contributed by atoms with van der Waals surface area (Å²) in [5.41, 5.74) is 0.938. The highest BCUT2D eigenvalue weighted by Gasteiger charge is 2.11. The minimum Gasteiger partial charge on any atom is -0.490 e. The summed E-state index contributed by atoms with van der Waals surface area (Å²) in [6.07, 6.45) is -0.0385. The van der Waals surface area contributed by atoms with Gasteiger partial charge in [0.2, 0.25) is 0 Å². The molecule has 0 aliphatic carbocycles. The number of hydrogen-bond donors (Lipinski definition) is 0. The number of hydrogen-bond acceptors (Lipinski definition) is 3. The molecule has 0 bridgehead atoms. The number of rotatable bonds is 6. The third-order valence-electron chi connectivity index (χ3n) is 2.82. The summed E-state index contributed by atoms with van der Waals surface area (Å²) >= 11 is 5.80. The van der Waals surface area contributed by atoms with Crippen LogP contribution in [0.25, 0.3) is 0 Å². The Morgan fingerprint density at radius 2 is 1.76 bits per heavy atom. The van der Waals surface area contributed by atoms with Crippen LogP contribution in [-0.4, -0.2) is 18.7 Å². The summed E-state index contributed by atoms with van der Waals surface area (Å²) in [6.45, 7) is 2.11. The molecular formula is C17H17ClO3. The van der Waals surface area contributed by atoms with Gasteiger partial charge >= 0.3 is 5.97 Å². The largest absolute Gasteiger partial charge is 0.490 e. The van der Waals surface area contributed by atoms with Gasteiger partial charge in [-0.25, -0.2) is 0 Å². The van der Waals surface area contributed by atoms with Gasteiger partial charge in [0.1, 0.15) is 18.5 Å². The van der Waals surface area contributed by atoms with Crippen molar-refractivity contribution < 1.29 is 14.3 Å². The minimum atomic E-state index is -0.308. The number of carbonyl (C=O) groups is 1. The number of benzene rings is 2. The quantitative estimate of drug-likeness (QED) is 0.759. The lowest BCUT2D eigenvalue weighted by atomic mass is 10.1. The second kappa shape index (κ2) is 7.70. The van der Waals surface area contributed by atoms with E-state index in [0.29, 0.717) is 17.4 Å². The highest BCUT2D eigenvalue weighted by Crippen LogP contribution is 2.15. The van der Waals surface area contributed by atoms with E-state index in [0.717, 1.165) is 5.56 Å². The first-order valence-electron chi connectivity index (χ1n) is 6.75. The van der Waals surface area contributed by atoms with Crippen LogP contribution in [0, 0.1) is 0 Å². The fourth-order valence-corrected chi connectivity index (χ4v) is 1.93. The Bertz CT molecular complexity index is 566. The van der Waals surface area contributed by atoms with Gasteiger partial charge in [0.25, 0.3) is 0 Å². The molecule has 4 heteroatoms. The first kappa shape index (κ1) is 15.4. The molecule has 0 saturated heterocycles. The van der Waals surface area contributed by atoms with E-state index in [-0.39, 0.29) is 18.5 Å². The Morgan fingerprint density at radius 1 is 1.10 bits per heavy atom. The lowest BCUT2D eigenvalue weighted by Gasteiger charge is -2.14. The van der Waals surface area contributed by atoms with Crippen molar-refractivity contribution in [1.29, 1.82) is 0 Å². The summed E-state index contributed by atoms with van der Waals surface area (Å²) in [7, 11) is 0. The number of halogens is 1. The summed E-state index contributed by atoms with van der Waals surface area (Å²) in [4.78, 5) is 11.8. The average molecular weight is 305 g/mol. The van der Waals surface area contributed by atoms with Crippen molar-refractivity contribution in [3.63, 3.8) is 0 Å².